The van der Waals surface area contributed by atoms with Gasteiger partial charge in [0.2, 0.25) is 5.91 Å². The van der Waals surface area contributed by atoms with Gasteiger partial charge in [-0.3, -0.25) is 9.10 Å². The van der Waals surface area contributed by atoms with Gasteiger partial charge in [-0.2, -0.15) is 0 Å². The molecule has 0 aliphatic heterocycles. The fourth-order valence-corrected chi connectivity index (χ4v) is 5.13. The molecule has 32 heavy (non-hydrogen) atoms. The van der Waals surface area contributed by atoms with Crippen molar-refractivity contribution in [2.45, 2.75) is 17.9 Å². The van der Waals surface area contributed by atoms with E-state index >= 15 is 0 Å². The van der Waals surface area contributed by atoms with E-state index in [-0.39, 0.29) is 20.6 Å². The van der Waals surface area contributed by atoms with Gasteiger partial charge in [0.15, 0.2) is 0 Å². The Balaban J connectivity index is 1.94. The average molecular weight is 493 g/mol. The lowest BCUT2D eigenvalue weighted by atomic mass is 10.1. The van der Waals surface area contributed by atoms with Crippen molar-refractivity contribution < 1.29 is 17.9 Å². The van der Waals surface area contributed by atoms with Gasteiger partial charge in [-0.05, 0) is 37.3 Å². The summed E-state index contributed by atoms with van der Waals surface area (Å²) in [5.74, 6) is 0.103. The molecule has 1 atom stereocenters. The molecule has 3 rings (SSSR count). The first-order valence-corrected chi connectivity index (χ1v) is 11.9. The van der Waals surface area contributed by atoms with Crippen molar-refractivity contribution in [3.8, 4) is 5.75 Å². The lowest BCUT2D eigenvalue weighted by Crippen LogP contribution is -2.41. The predicted molar refractivity (Wildman–Crippen MR) is 127 cm³/mol. The van der Waals surface area contributed by atoms with Crippen LogP contribution in [0.25, 0.3) is 0 Å². The van der Waals surface area contributed by atoms with Crippen molar-refractivity contribution >= 4 is 44.8 Å². The Bertz CT molecular complexity index is 1200. The summed E-state index contributed by atoms with van der Waals surface area (Å²) < 4.78 is 33.1. The highest BCUT2D eigenvalue weighted by molar-refractivity contribution is 7.92. The molecule has 1 N–H and O–H groups in total. The Hall–Kier alpha value is -2.74. The van der Waals surface area contributed by atoms with Gasteiger partial charge in [-0.15, -0.1) is 0 Å². The first-order valence-electron chi connectivity index (χ1n) is 9.69. The van der Waals surface area contributed by atoms with Crippen LogP contribution in [0.2, 0.25) is 10.0 Å². The summed E-state index contributed by atoms with van der Waals surface area (Å²) in [6.45, 7) is 1.30. The number of hydrogen-bond donors (Lipinski definition) is 1. The number of ether oxygens (including phenoxy) is 1. The van der Waals surface area contributed by atoms with Gasteiger partial charge in [-0.25, -0.2) is 8.42 Å². The second-order valence-electron chi connectivity index (χ2n) is 6.93. The monoisotopic (exact) mass is 492 g/mol. The van der Waals surface area contributed by atoms with Crippen LogP contribution >= 0.6 is 23.2 Å². The number of sulfonamides is 1. The van der Waals surface area contributed by atoms with E-state index in [4.69, 9.17) is 27.9 Å². The summed E-state index contributed by atoms with van der Waals surface area (Å²) in [4.78, 5) is 13.0. The van der Waals surface area contributed by atoms with Gasteiger partial charge in [0.05, 0.1) is 33.8 Å². The number of rotatable bonds is 8. The maximum atomic E-state index is 13.4. The molecule has 0 aliphatic carbocycles. The van der Waals surface area contributed by atoms with Crippen molar-refractivity contribution in [1.82, 2.24) is 5.32 Å². The third-order valence-corrected chi connectivity index (χ3v) is 7.38. The molecular weight excluding hydrogens is 471 g/mol. The summed E-state index contributed by atoms with van der Waals surface area (Å²) in [5, 5.41) is 3.05. The lowest BCUT2D eigenvalue weighted by molar-refractivity contribution is -0.120. The Kier molecular flexibility index (Phi) is 7.66. The molecule has 6 nitrogen and oxygen atoms in total. The Morgan fingerprint density at radius 3 is 2.34 bits per heavy atom. The molecule has 0 aliphatic rings. The maximum absolute atomic E-state index is 13.4. The van der Waals surface area contributed by atoms with Gasteiger partial charge in [0, 0.05) is 5.56 Å². The van der Waals surface area contributed by atoms with Crippen LogP contribution in [0, 0.1) is 0 Å². The van der Waals surface area contributed by atoms with E-state index < -0.39 is 28.5 Å². The minimum Gasteiger partial charge on any atom is -0.496 e. The SMILES string of the molecule is COc1ccccc1[C@H](C)NC(=O)CN(c1cccc(Cl)c1Cl)S(=O)(=O)c1ccccc1. The number of nitrogens with one attached hydrogen (secondary N) is 1. The topological polar surface area (TPSA) is 75.7 Å². The normalized spacial score (nSPS) is 12.1. The van der Waals surface area contributed by atoms with E-state index in [9.17, 15) is 13.2 Å². The summed E-state index contributed by atoms with van der Waals surface area (Å²) in [6, 6.07) is 19.3. The Morgan fingerprint density at radius 1 is 1.00 bits per heavy atom. The van der Waals surface area contributed by atoms with Gasteiger partial charge in [0.25, 0.3) is 10.0 Å². The van der Waals surface area contributed by atoms with Crippen molar-refractivity contribution in [3.63, 3.8) is 0 Å². The predicted octanol–water partition coefficient (Wildman–Crippen LogP) is 5.07. The van der Waals surface area contributed by atoms with Crippen molar-refractivity contribution in [2.24, 2.45) is 0 Å². The third-order valence-electron chi connectivity index (χ3n) is 4.80. The standard InChI is InChI=1S/C23H22Cl2N2O4S/c1-16(18-11-6-7-14-21(18)31-2)26-22(28)15-27(20-13-8-12-19(24)23(20)25)32(29,30)17-9-4-3-5-10-17/h3-14,16H,15H2,1-2H3,(H,26,28)/t16-/m0/s1. The zero-order valence-electron chi connectivity index (χ0n) is 17.5. The van der Waals surface area contributed by atoms with E-state index in [1.165, 1.54) is 18.2 Å². The van der Waals surface area contributed by atoms with E-state index in [1.54, 1.807) is 50.4 Å². The summed E-state index contributed by atoms with van der Waals surface area (Å²) in [6.07, 6.45) is 0. The van der Waals surface area contributed by atoms with Crippen molar-refractivity contribution in [1.29, 1.82) is 0 Å². The summed E-state index contributed by atoms with van der Waals surface area (Å²) >= 11 is 12.4. The van der Waals surface area contributed by atoms with Crippen LogP contribution in [-0.2, 0) is 14.8 Å². The quantitative estimate of drug-likeness (QED) is 0.475. The number of anilines is 1. The molecule has 0 radical (unpaired) electrons. The van der Waals surface area contributed by atoms with Crippen LogP contribution in [0.3, 0.4) is 0 Å². The fraction of sp³-hybridized carbons (Fsp3) is 0.174. The minimum atomic E-state index is -4.10. The number of hydrogen-bond acceptors (Lipinski definition) is 4. The smallest absolute Gasteiger partial charge is 0.264 e. The zero-order chi connectivity index (χ0) is 23.3. The van der Waals surface area contributed by atoms with Crippen LogP contribution in [0.1, 0.15) is 18.5 Å². The molecule has 9 heteroatoms. The lowest BCUT2D eigenvalue weighted by Gasteiger charge is -2.26. The van der Waals surface area contributed by atoms with E-state index in [1.807, 2.05) is 18.2 Å². The Morgan fingerprint density at radius 2 is 1.66 bits per heavy atom. The molecule has 168 valence electrons. The van der Waals surface area contributed by atoms with Gasteiger partial charge in [0.1, 0.15) is 12.3 Å². The molecule has 0 fully saturated rings. The number of halogens is 2. The molecule has 0 bridgehead atoms. The van der Waals surface area contributed by atoms with E-state index in [0.717, 1.165) is 9.87 Å². The molecular formula is C23H22Cl2N2O4S. The molecule has 0 heterocycles. The fourth-order valence-electron chi connectivity index (χ4n) is 3.22. The van der Waals surface area contributed by atoms with Crippen LogP contribution in [0.5, 0.6) is 5.75 Å². The largest absolute Gasteiger partial charge is 0.496 e. The van der Waals surface area contributed by atoms with Gasteiger partial charge >= 0.3 is 0 Å². The molecule has 3 aromatic carbocycles. The van der Waals surface area contributed by atoms with Crippen LogP contribution in [-0.4, -0.2) is 28.0 Å². The minimum absolute atomic E-state index is 0.0293. The number of benzene rings is 3. The highest BCUT2D eigenvalue weighted by atomic mass is 35.5. The number of para-hydroxylation sites is 1. The second-order valence-corrected chi connectivity index (χ2v) is 9.58. The van der Waals surface area contributed by atoms with E-state index in [0.29, 0.717) is 5.75 Å². The average Bonchev–Trinajstić information content (AvgIpc) is 2.80. The summed E-state index contributed by atoms with van der Waals surface area (Å²) in [7, 11) is -2.55. The molecule has 0 spiro atoms. The number of carbonyl (C=O) groups excluding carboxylic acids is 1. The van der Waals surface area contributed by atoms with Crippen molar-refractivity contribution in [3.05, 3.63) is 88.4 Å². The van der Waals surface area contributed by atoms with Crippen molar-refractivity contribution in [2.75, 3.05) is 18.0 Å². The van der Waals surface area contributed by atoms with E-state index in [2.05, 4.69) is 5.32 Å². The van der Waals surface area contributed by atoms with Crippen LogP contribution in [0.15, 0.2) is 77.7 Å². The Labute approximate surface area is 197 Å². The molecule has 1 amide bonds. The first kappa shape index (κ1) is 23.9. The number of carbonyl (C=O) groups is 1. The highest BCUT2D eigenvalue weighted by Crippen LogP contribution is 2.35. The number of nitrogens with zero attached hydrogens (tertiary/aromatic N) is 1. The molecule has 0 saturated heterocycles. The number of amides is 1. The molecule has 0 aromatic heterocycles. The van der Waals surface area contributed by atoms with Gasteiger partial charge < -0.3 is 10.1 Å². The maximum Gasteiger partial charge on any atom is 0.264 e. The highest BCUT2D eigenvalue weighted by Gasteiger charge is 2.29. The zero-order valence-corrected chi connectivity index (χ0v) is 19.8. The van der Waals surface area contributed by atoms with Crippen LogP contribution < -0.4 is 14.4 Å². The molecule has 0 saturated carbocycles. The second kappa shape index (κ2) is 10.3. The first-order chi connectivity index (χ1) is 15.3. The van der Waals surface area contributed by atoms with Crippen LogP contribution in [0.4, 0.5) is 5.69 Å². The third kappa shape index (κ3) is 5.18. The molecule has 0 unspecified atom stereocenters. The van der Waals surface area contributed by atoms with Gasteiger partial charge in [-0.1, -0.05) is 65.7 Å². The summed E-state index contributed by atoms with van der Waals surface area (Å²) in [5.41, 5.74) is 0.879. The number of methoxy groups -OCH3 is 1. The molecule has 3 aromatic rings.